The van der Waals surface area contributed by atoms with E-state index in [-0.39, 0.29) is 37.5 Å². The minimum Gasteiger partial charge on any atom is -0.748 e. The highest BCUT2D eigenvalue weighted by Gasteiger charge is 2.26. The molecule has 3 aromatic carbocycles. The number of methoxy groups -OCH3 is 1. The van der Waals surface area contributed by atoms with Crippen molar-refractivity contribution in [2.75, 3.05) is 26.1 Å². The molecule has 0 unspecified atom stereocenters. The second-order valence-electron chi connectivity index (χ2n) is 9.20. The Bertz CT molecular complexity index is 1630. The SMILES string of the molecule is COCCOCc1cc(C(=O)O)cc(C)c1OC(=O)c1c2ccccc2[n+](CCCS(=O)(=O)[O-])c2ccccc12. The van der Waals surface area contributed by atoms with Gasteiger partial charge in [-0.05, 0) is 36.8 Å². The van der Waals surface area contributed by atoms with Gasteiger partial charge in [0.25, 0.3) is 0 Å². The van der Waals surface area contributed by atoms with E-state index in [9.17, 15) is 27.7 Å². The molecule has 4 aromatic rings. The molecule has 0 saturated carbocycles. The number of carbonyl (C=O) groups excluding carboxylic acids is 1. The van der Waals surface area contributed by atoms with Crippen molar-refractivity contribution < 1.29 is 46.4 Å². The smallest absolute Gasteiger partial charge is 0.345 e. The third-order valence-electron chi connectivity index (χ3n) is 6.39. The van der Waals surface area contributed by atoms with Crippen LogP contribution < -0.4 is 9.30 Å². The number of esters is 1. The number of fused-ring (bicyclic) bond motifs is 2. The molecule has 0 fully saturated rings. The Labute approximate surface area is 231 Å². The van der Waals surface area contributed by atoms with E-state index in [0.29, 0.717) is 45.1 Å². The van der Waals surface area contributed by atoms with Crippen LogP contribution in [0.4, 0.5) is 0 Å². The Morgan fingerprint density at radius 1 is 0.975 bits per heavy atom. The highest BCUT2D eigenvalue weighted by Crippen LogP contribution is 2.31. The van der Waals surface area contributed by atoms with Crippen molar-refractivity contribution in [1.29, 1.82) is 0 Å². The lowest BCUT2D eigenvalue weighted by atomic mass is 10.0. The lowest BCUT2D eigenvalue weighted by Gasteiger charge is -2.16. The lowest BCUT2D eigenvalue weighted by Crippen LogP contribution is -2.37. The van der Waals surface area contributed by atoms with Gasteiger partial charge in [0.2, 0.25) is 11.0 Å². The van der Waals surface area contributed by atoms with Crippen LogP contribution in [-0.4, -0.2) is 56.1 Å². The number of hydrogen-bond donors (Lipinski definition) is 1. The second kappa shape index (κ2) is 12.5. The average Bonchev–Trinajstić information content (AvgIpc) is 2.91. The van der Waals surface area contributed by atoms with E-state index in [2.05, 4.69) is 0 Å². The van der Waals surface area contributed by atoms with Gasteiger partial charge < -0.3 is 23.9 Å². The van der Waals surface area contributed by atoms with Gasteiger partial charge in [-0.2, -0.15) is 4.57 Å². The fourth-order valence-corrected chi connectivity index (χ4v) is 5.15. The number of aromatic carboxylic acids is 1. The Kier molecular flexibility index (Phi) is 9.10. The van der Waals surface area contributed by atoms with Crippen LogP contribution in [0.3, 0.4) is 0 Å². The minimum absolute atomic E-state index is 0.00679. The number of aryl methyl sites for hydroxylation is 2. The molecule has 0 bridgehead atoms. The largest absolute Gasteiger partial charge is 0.748 e. The first kappa shape index (κ1) is 29.1. The van der Waals surface area contributed by atoms with E-state index in [1.807, 2.05) is 16.7 Å². The van der Waals surface area contributed by atoms with Gasteiger partial charge in [-0.25, -0.2) is 18.0 Å². The van der Waals surface area contributed by atoms with E-state index in [1.54, 1.807) is 43.3 Å². The highest BCUT2D eigenvalue weighted by molar-refractivity contribution is 7.85. The topological polar surface area (TPSA) is 143 Å². The zero-order valence-corrected chi connectivity index (χ0v) is 22.9. The first-order chi connectivity index (χ1) is 19.1. The number of carboxylic acid groups (broad SMARTS) is 1. The molecule has 11 heteroatoms. The number of ether oxygens (including phenoxy) is 3. The number of para-hydroxylation sites is 2. The standard InChI is InChI=1S/C29H29NO9S/c1-19-16-20(28(31)32)17-21(18-38-14-13-37-2)27(19)39-29(33)26-22-8-3-5-10-24(22)30(12-7-15-40(34,35)36)25-11-6-4-9-23(25)26/h3-6,8-11,16-17H,7,12-15,18H2,1-2H3,(H-,31,32,34,35,36). The Hall–Kier alpha value is -3.90. The molecule has 1 N–H and O–H groups in total. The van der Waals surface area contributed by atoms with Crippen LogP contribution in [0.1, 0.15) is 38.3 Å². The fraction of sp³-hybridized carbons (Fsp3) is 0.276. The number of rotatable bonds is 12. The summed E-state index contributed by atoms with van der Waals surface area (Å²) in [5, 5.41) is 10.7. The molecule has 1 heterocycles. The summed E-state index contributed by atoms with van der Waals surface area (Å²) in [6.45, 7) is 2.52. The summed E-state index contributed by atoms with van der Waals surface area (Å²) < 4.78 is 52.1. The van der Waals surface area contributed by atoms with Gasteiger partial charge in [0.1, 0.15) is 5.75 Å². The van der Waals surface area contributed by atoms with Crippen molar-refractivity contribution >= 4 is 43.9 Å². The fourth-order valence-electron chi connectivity index (χ4n) is 4.67. The van der Waals surface area contributed by atoms with Crippen LogP contribution in [0.15, 0.2) is 60.7 Å². The van der Waals surface area contributed by atoms with Crippen molar-refractivity contribution in [2.45, 2.75) is 26.5 Å². The van der Waals surface area contributed by atoms with Gasteiger partial charge in [-0.3, -0.25) is 0 Å². The van der Waals surface area contributed by atoms with Crippen LogP contribution in [0.25, 0.3) is 21.8 Å². The lowest BCUT2D eigenvalue weighted by molar-refractivity contribution is -0.645. The average molecular weight is 568 g/mol. The number of benzene rings is 3. The molecule has 0 atom stereocenters. The zero-order chi connectivity index (χ0) is 28.9. The molecule has 0 saturated heterocycles. The van der Waals surface area contributed by atoms with Crippen LogP contribution in [0, 0.1) is 6.92 Å². The molecule has 0 aliphatic carbocycles. The van der Waals surface area contributed by atoms with Crippen molar-refractivity contribution in [1.82, 2.24) is 0 Å². The van der Waals surface area contributed by atoms with Crippen molar-refractivity contribution in [3.05, 3.63) is 82.9 Å². The van der Waals surface area contributed by atoms with E-state index in [1.165, 1.54) is 19.2 Å². The maximum absolute atomic E-state index is 13.9. The number of pyridine rings is 1. The number of hydrogen-bond acceptors (Lipinski definition) is 8. The summed E-state index contributed by atoms with van der Waals surface area (Å²) in [6, 6.07) is 17.2. The van der Waals surface area contributed by atoms with Gasteiger partial charge in [0.15, 0.2) is 6.54 Å². The van der Waals surface area contributed by atoms with Crippen molar-refractivity contribution in [2.24, 2.45) is 0 Å². The third kappa shape index (κ3) is 6.62. The minimum atomic E-state index is -4.38. The van der Waals surface area contributed by atoms with Gasteiger partial charge in [-0.1, -0.05) is 24.3 Å². The predicted molar refractivity (Wildman–Crippen MR) is 145 cm³/mol. The Morgan fingerprint density at radius 2 is 1.60 bits per heavy atom. The summed E-state index contributed by atoms with van der Waals surface area (Å²) in [4.78, 5) is 25.5. The maximum atomic E-state index is 13.9. The molecule has 0 amide bonds. The molecule has 0 aliphatic heterocycles. The Morgan fingerprint density at radius 3 is 2.17 bits per heavy atom. The summed E-state index contributed by atoms with van der Waals surface area (Å²) in [6.07, 6.45) is 0.107. The first-order valence-electron chi connectivity index (χ1n) is 12.5. The summed E-state index contributed by atoms with van der Waals surface area (Å²) >= 11 is 0. The number of carboxylic acids is 1. The molecule has 0 aliphatic rings. The van der Waals surface area contributed by atoms with E-state index >= 15 is 0 Å². The molecule has 10 nitrogen and oxygen atoms in total. The van der Waals surface area contributed by atoms with E-state index < -0.39 is 27.8 Å². The van der Waals surface area contributed by atoms with Crippen molar-refractivity contribution in [3.63, 3.8) is 0 Å². The van der Waals surface area contributed by atoms with Crippen LogP contribution in [-0.2, 0) is 32.7 Å². The Balaban J connectivity index is 1.80. The van der Waals surface area contributed by atoms with Gasteiger partial charge in [-0.15, -0.1) is 0 Å². The molecule has 0 spiro atoms. The molecule has 210 valence electrons. The van der Waals surface area contributed by atoms with Crippen LogP contribution in [0.2, 0.25) is 0 Å². The normalized spacial score (nSPS) is 11.7. The number of carbonyl (C=O) groups is 2. The molecular formula is C29H29NO9S. The molecular weight excluding hydrogens is 538 g/mol. The monoisotopic (exact) mass is 567 g/mol. The first-order valence-corrected chi connectivity index (χ1v) is 14.1. The van der Waals surface area contributed by atoms with Crippen LogP contribution >= 0.6 is 0 Å². The zero-order valence-electron chi connectivity index (χ0n) is 22.1. The molecule has 40 heavy (non-hydrogen) atoms. The summed E-state index contributed by atoms with van der Waals surface area (Å²) in [5.41, 5.74) is 2.53. The third-order valence-corrected chi connectivity index (χ3v) is 7.18. The van der Waals surface area contributed by atoms with Gasteiger partial charge >= 0.3 is 11.9 Å². The van der Waals surface area contributed by atoms with E-state index in [4.69, 9.17) is 14.2 Å². The summed E-state index contributed by atoms with van der Waals surface area (Å²) in [7, 11) is -2.84. The highest BCUT2D eigenvalue weighted by atomic mass is 32.2. The predicted octanol–water partition coefficient (Wildman–Crippen LogP) is 3.60. The molecule has 0 radical (unpaired) electrons. The van der Waals surface area contributed by atoms with Crippen LogP contribution in [0.5, 0.6) is 5.75 Å². The molecule has 4 rings (SSSR count). The molecule has 1 aromatic heterocycles. The quantitative estimate of drug-likeness (QED) is 0.0678. The van der Waals surface area contributed by atoms with Gasteiger partial charge in [0.05, 0.1) is 51.8 Å². The van der Waals surface area contributed by atoms with Gasteiger partial charge in [0, 0.05) is 37.0 Å². The number of aromatic nitrogens is 1. The van der Waals surface area contributed by atoms with Crippen molar-refractivity contribution in [3.8, 4) is 5.75 Å². The second-order valence-corrected chi connectivity index (χ2v) is 10.7. The number of nitrogens with zero attached hydrogens (tertiary/aromatic N) is 1. The van der Waals surface area contributed by atoms with E-state index in [0.717, 1.165) is 0 Å². The summed E-state index contributed by atoms with van der Waals surface area (Å²) in [5.74, 6) is -2.06. The maximum Gasteiger partial charge on any atom is 0.345 e.